The zero-order chi connectivity index (χ0) is 11.9. The fourth-order valence-corrected chi connectivity index (χ4v) is 2.10. The molecule has 2 amide bonds. The summed E-state index contributed by atoms with van der Waals surface area (Å²) in [5, 5.41) is 15.0. The molecule has 0 atom stereocenters. The molecule has 1 aliphatic carbocycles. The number of hydrogen-bond acceptors (Lipinski definition) is 2. The third kappa shape index (κ3) is 3.85. The Morgan fingerprint density at radius 1 is 1.44 bits per heavy atom. The quantitative estimate of drug-likeness (QED) is 0.492. The van der Waals surface area contributed by atoms with Crippen LogP contribution in [0.2, 0.25) is 0 Å². The number of nitrogens with one attached hydrogen (secondary N) is 2. The van der Waals surface area contributed by atoms with Gasteiger partial charge in [0.05, 0.1) is 12.1 Å². The van der Waals surface area contributed by atoms with Crippen LogP contribution in [0.25, 0.3) is 0 Å². The first-order valence-electron chi connectivity index (χ1n) is 6.00. The molecular weight excluding hydrogens is 204 g/mol. The van der Waals surface area contributed by atoms with Gasteiger partial charge in [-0.3, -0.25) is 0 Å². The predicted molar refractivity (Wildman–Crippen MR) is 64.3 cm³/mol. The number of hydrogen-bond donors (Lipinski definition) is 3. The van der Waals surface area contributed by atoms with Gasteiger partial charge in [-0.25, -0.2) is 4.79 Å². The highest BCUT2D eigenvalue weighted by atomic mass is 16.3. The van der Waals surface area contributed by atoms with Gasteiger partial charge in [0.25, 0.3) is 0 Å². The van der Waals surface area contributed by atoms with Crippen LogP contribution in [0, 0.1) is 0 Å². The summed E-state index contributed by atoms with van der Waals surface area (Å²) >= 11 is 0. The molecular formula is C12H22N2O2. The molecule has 0 aliphatic heterocycles. The van der Waals surface area contributed by atoms with Gasteiger partial charge in [0.1, 0.15) is 0 Å². The van der Waals surface area contributed by atoms with Crippen molar-refractivity contribution in [1.82, 2.24) is 10.6 Å². The maximum Gasteiger partial charge on any atom is 0.315 e. The average Bonchev–Trinajstić information content (AvgIpc) is 2.74. The van der Waals surface area contributed by atoms with E-state index in [2.05, 4.69) is 10.6 Å². The van der Waals surface area contributed by atoms with Crippen LogP contribution >= 0.6 is 0 Å². The van der Waals surface area contributed by atoms with Gasteiger partial charge in [0.15, 0.2) is 0 Å². The van der Waals surface area contributed by atoms with Crippen LogP contribution in [0.15, 0.2) is 12.2 Å². The SMILES string of the molecule is C/C=C/CCNC(=O)NC1(CO)CCCC1. The molecule has 16 heavy (non-hydrogen) atoms. The van der Waals surface area contributed by atoms with Crippen LogP contribution in [-0.2, 0) is 0 Å². The molecule has 0 saturated heterocycles. The number of urea groups is 1. The molecule has 4 heteroatoms. The summed E-state index contributed by atoms with van der Waals surface area (Å²) < 4.78 is 0. The molecule has 0 aromatic heterocycles. The van der Waals surface area contributed by atoms with Crippen LogP contribution in [0.3, 0.4) is 0 Å². The van der Waals surface area contributed by atoms with Crippen LogP contribution in [0.5, 0.6) is 0 Å². The summed E-state index contributed by atoms with van der Waals surface area (Å²) in [7, 11) is 0. The second-order valence-electron chi connectivity index (χ2n) is 4.38. The van der Waals surface area contributed by atoms with E-state index in [9.17, 15) is 9.90 Å². The maximum atomic E-state index is 11.6. The average molecular weight is 226 g/mol. The van der Waals surface area contributed by atoms with Crippen molar-refractivity contribution in [3.8, 4) is 0 Å². The summed E-state index contributed by atoms with van der Waals surface area (Å²) in [4.78, 5) is 11.6. The number of allylic oxidation sites excluding steroid dienone is 1. The largest absolute Gasteiger partial charge is 0.394 e. The fraction of sp³-hybridized carbons (Fsp3) is 0.750. The number of aliphatic hydroxyl groups excluding tert-OH is 1. The second kappa shape index (κ2) is 6.53. The summed E-state index contributed by atoms with van der Waals surface area (Å²) in [5.74, 6) is 0. The third-order valence-corrected chi connectivity index (χ3v) is 3.07. The van der Waals surface area contributed by atoms with E-state index in [1.54, 1.807) is 0 Å². The molecule has 1 rings (SSSR count). The van der Waals surface area contributed by atoms with Crippen LogP contribution in [0.1, 0.15) is 39.0 Å². The molecule has 0 aromatic rings. The zero-order valence-electron chi connectivity index (χ0n) is 9.96. The Hall–Kier alpha value is -1.03. The third-order valence-electron chi connectivity index (χ3n) is 3.07. The van der Waals surface area contributed by atoms with E-state index in [-0.39, 0.29) is 18.2 Å². The molecule has 0 spiro atoms. The van der Waals surface area contributed by atoms with Crippen molar-refractivity contribution < 1.29 is 9.90 Å². The van der Waals surface area contributed by atoms with Gasteiger partial charge in [-0.05, 0) is 26.2 Å². The predicted octanol–water partition coefficient (Wildman–Crippen LogP) is 1.56. The lowest BCUT2D eigenvalue weighted by Crippen LogP contribution is -2.52. The van der Waals surface area contributed by atoms with Crippen LogP contribution < -0.4 is 10.6 Å². The Kier molecular flexibility index (Phi) is 5.32. The number of carbonyl (C=O) groups is 1. The fourth-order valence-electron chi connectivity index (χ4n) is 2.10. The van der Waals surface area contributed by atoms with Gasteiger partial charge in [0, 0.05) is 6.54 Å². The van der Waals surface area contributed by atoms with E-state index in [4.69, 9.17) is 0 Å². The first-order chi connectivity index (χ1) is 7.72. The van der Waals surface area contributed by atoms with Crippen molar-refractivity contribution in [3.63, 3.8) is 0 Å². The standard InChI is InChI=1S/C12H22N2O2/c1-2-3-6-9-13-11(16)14-12(10-15)7-4-5-8-12/h2-3,15H,4-10H2,1H3,(H2,13,14,16)/b3-2+. The topological polar surface area (TPSA) is 61.4 Å². The number of aliphatic hydroxyl groups is 1. The van der Waals surface area contributed by atoms with Crippen LogP contribution in [0.4, 0.5) is 4.79 Å². The molecule has 0 aromatic carbocycles. The van der Waals surface area contributed by atoms with Crippen LogP contribution in [-0.4, -0.2) is 29.8 Å². The van der Waals surface area contributed by atoms with Gasteiger partial charge >= 0.3 is 6.03 Å². The second-order valence-corrected chi connectivity index (χ2v) is 4.38. The van der Waals surface area contributed by atoms with Crippen molar-refractivity contribution in [2.24, 2.45) is 0 Å². The van der Waals surface area contributed by atoms with E-state index >= 15 is 0 Å². The highest BCUT2D eigenvalue weighted by molar-refractivity contribution is 5.74. The van der Waals surface area contributed by atoms with E-state index in [0.29, 0.717) is 6.54 Å². The highest BCUT2D eigenvalue weighted by Gasteiger charge is 2.34. The molecule has 1 fully saturated rings. The highest BCUT2D eigenvalue weighted by Crippen LogP contribution is 2.28. The molecule has 92 valence electrons. The Morgan fingerprint density at radius 3 is 2.69 bits per heavy atom. The number of amides is 2. The summed E-state index contributed by atoms with van der Waals surface area (Å²) in [6.07, 6.45) is 8.75. The molecule has 0 heterocycles. The van der Waals surface area contributed by atoms with Crippen molar-refractivity contribution in [1.29, 1.82) is 0 Å². The molecule has 1 saturated carbocycles. The van der Waals surface area contributed by atoms with Gasteiger partial charge in [-0.1, -0.05) is 25.0 Å². The minimum atomic E-state index is -0.370. The van der Waals surface area contributed by atoms with Gasteiger partial charge in [-0.15, -0.1) is 0 Å². The van der Waals surface area contributed by atoms with Crippen molar-refractivity contribution in [2.45, 2.75) is 44.6 Å². The Bertz CT molecular complexity index is 245. The Balaban J connectivity index is 2.26. The number of carbonyl (C=O) groups excluding carboxylic acids is 1. The first kappa shape index (κ1) is 13.0. The Morgan fingerprint density at radius 2 is 2.12 bits per heavy atom. The monoisotopic (exact) mass is 226 g/mol. The van der Waals surface area contributed by atoms with E-state index < -0.39 is 0 Å². The normalized spacial score (nSPS) is 18.9. The van der Waals surface area contributed by atoms with Crippen molar-refractivity contribution in [2.75, 3.05) is 13.2 Å². The van der Waals surface area contributed by atoms with Crippen molar-refractivity contribution >= 4 is 6.03 Å². The lowest BCUT2D eigenvalue weighted by molar-refractivity contribution is 0.163. The molecule has 0 unspecified atom stereocenters. The minimum absolute atomic E-state index is 0.0370. The molecule has 0 radical (unpaired) electrons. The van der Waals surface area contributed by atoms with Crippen molar-refractivity contribution in [3.05, 3.63) is 12.2 Å². The zero-order valence-corrected chi connectivity index (χ0v) is 9.96. The summed E-state index contributed by atoms with van der Waals surface area (Å²) in [6.45, 7) is 2.63. The number of rotatable bonds is 5. The first-order valence-corrected chi connectivity index (χ1v) is 6.00. The molecule has 1 aliphatic rings. The summed E-state index contributed by atoms with van der Waals surface area (Å²) in [5.41, 5.74) is -0.370. The van der Waals surface area contributed by atoms with Gasteiger partial charge < -0.3 is 15.7 Å². The van der Waals surface area contributed by atoms with E-state index in [1.165, 1.54) is 0 Å². The van der Waals surface area contributed by atoms with Gasteiger partial charge in [0.2, 0.25) is 0 Å². The van der Waals surface area contributed by atoms with E-state index in [0.717, 1.165) is 32.1 Å². The summed E-state index contributed by atoms with van der Waals surface area (Å²) in [6, 6.07) is -0.166. The van der Waals surface area contributed by atoms with Gasteiger partial charge in [-0.2, -0.15) is 0 Å². The molecule has 4 nitrogen and oxygen atoms in total. The Labute approximate surface area is 97.1 Å². The van der Waals surface area contributed by atoms with E-state index in [1.807, 2.05) is 19.1 Å². The minimum Gasteiger partial charge on any atom is -0.394 e. The lowest BCUT2D eigenvalue weighted by atomic mass is 9.99. The molecule has 0 bridgehead atoms. The maximum absolute atomic E-state index is 11.6. The molecule has 3 N–H and O–H groups in total. The smallest absolute Gasteiger partial charge is 0.315 e. The lowest BCUT2D eigenvalue weighted by Gasteiger charge is -2.27.